The maximum absolute atomic E-state index is 13.8. The summed E-state index contributed by atoms with van der Waals surface area (Å²) < 4.78 is 13.8. The molecule has 5 N–H and O–H groups in total. The molecule has 1 aliphatic rings. The van der Waals surface area contributed by atoms with Crippen LogP contribution in [0.2, 0.25) is 0 Å². The van der Waals surface area contributed by atoms with Gasteiger partial charge in [-0.05, 0) is 52.0 Å². The number of nitrogens with zero attached hydrogens (tertiary/aromatic N) is 2. The maximum Gasteiger partial charge on any atom is 0.251 e. The van der Waals surface area contributed by atoms with E-state index >= 15 is 0 Å². The minimum Gasteiger partial charge on any atom is -0.402 e. The van der Waals surface area contributed by atoms with Crippen molar-refractivity contribution in [3.05, 3.63) is 35.0 Å². The number of nitrogens with one attached hydrogen (secondary N) is 1. The first-order chi connectivity index (χ1) is 11.7. The van der Waals surface area contributed by atoms with Crippen molar-refractivity contribution < 1.29 is 9.18 Å². The molecule has 1 aliphatic heterocycles. The van der Waals surface area contributed by atoms with Crippen LogP contribution in [0.5, 0.6) is 0 Å². The van der Waals surface area contributed by atoms with E-state index in [0.717, 1.165) is 37.6 Å². The molecule has 0 atom stereocenters. The Hall–Kier alpha value is -2.41. The van der Waals surface area contributed by atoms with Gasteiger partial charge in [-0.25, -0.2) is 9.37 Å². The molecule has 134 valence electrons. The summed E-state index contributed by atoms with van der Waals surface area (Å²) in [6, 6.07) is 2.43. The highest BCUT2D eigenvalue weighted by atomic mass is 19.1. The molecule has 2 aromatic rings. The predicted octanol–water partition coefficient (Wildman–Crippen LogP) is 2.22. The summed E-state index contributed by atoms with van der Waals surface area (Å²) in [4.78, 5) is 21.6. The van der Waals surface area contributed by atoms with Gasteiger partial charge in [0.2, 0.25) is 0 Å². The molecule has 0 saturated carbocycles. The summed E-state index contributed by atoms with van der Waals surface area (Å²) in [5, 5.41) is 0. The number of aromatic nitrogens is 2. The number of benzene rings is 1. The summed E-state index contributed by atoms with van der Waals surface area (Å²) in [7, 11) is 2.10. The van der Waals surface area contributed by atoms with E-state index in [1.807, 2.05) is 6.92 Å². The summed E-state index contributed by atoms with van der Waals surface area (Å²) in [5.41, 5.74) is 13.9. The van der Waals surface area contributed by atoms with Crippen LogP contribution in [0, 0.1) is 11.2 Å². The molecule has 1 aromatic carbocycles. The monoisotopic (exact) mass is 345 g/mol. The van der Waals surface area contributed by atoms with Crippen molar-refractivity contribution in [1.82, 2.24) is 14.9 Å². The van der Waals surface area contributed by atoms with E-state index in [4.69, 9.17) is 11.5 Å². The van der Waals surface area contributed by atoms with Crippen molar-refractivity contribution in [2.24, 2.45) is 16.9 Å². The molecule has 0 aliphatic carbocycles. The summed E-state index contributed by atoms with van der Waals surface area (Å²) >= 11 is 0. The molecule has 0 bridgehead atoms. The lowest BCUT2D eigenvalue weighted by atomic mass is 9.73. The van der Waals surface area contributed by atoms with Crippen molar-refractivity contribution in [1.29, 1.82) is 0 Å². The van der Waals surface area contributed by atoms with E-state index in [2.05, 4.69) is 28.8 Å². The molecule has 0 spiro atoms. The van der Waals surface area contributed by atoms with Crippen LogP contribution in [0.3, 0.4) is 0 Å². The number of fused-ring (bicyclic) bond motifs is 1. The number of H-pyrrole nitrogens is 1. The number of carbonyl (C=O) groups excluding carboxylic acids is 1. The second-order valence-electron chi connectivity index (χ2n) is 7.22. The predicted molar refractivity (Wildman–Crippen MR) is 96.2 cm³/mol. The van der Waals surface area contributed by atoms with Crippen LogP contribution in [0.25, 0.3) is 16.6 Å². The van der Waals surface area contributed by atoms with Gasteiger partial charge in [0.25, 0.3) is 5.91 Å². The van der Waals surface area contributed by atoms with Crippen LogP contribution in [-0.4, -0.2) is 40.9 Å². The van der Waals surface area contributed by atoms with E-state index in [1.54, 1.807) is 0 Å². The number of allylic oxidation sites excluding steroid dienone is 2. The van der Waals surface area contributed by atoms with Gasteiger partial charge in [-0.2, -0.15) is 0 Å². The number of hydrogen-bond acceptors (Lipinski definition) is 4. The maximum atomic E-state index is 13.8. The highest BCUT2D eigenvalue weighted by Crippen LogP contribution is 2.43. The lowest BCUT2D eigenvalue weighted by Gasteiger charge is -2.39. The van der Waals surface area contributed by atoms with Gasteiger partial charge in [0, 0.05) is 16.7 Å². The lowest BCUT2D eigenvalue weighted by molar-refractivity contribution is 0.100. The Kier molecular flexibility index (Phi) is 4.28. The molecule has 1 amide bonds. The molecule has 6 nitrogen and oxygen atoms in total. The number of hydrogen-bond donors (Lipinski definition) is 3. The van der Waals surface area contributed by atoms with Crippen molar-refractivity contribution in [3.8, 4) is 0 Å². The number of amides is 1. The molecular formula is C18H24FN5O. The van der Waals surface area contributed by atoms with Crippen molar-refractivity contribution in [2.75, 3.05) is 20.1 Å². The fourth-order valence-electron chi connectivity index (χ4n) is 3.70. The fourth-order valence-corrected chi connectivity index (χ4v) is 3.70. The summed E-state index contributed by atoms with van der Waals surface area (Å²) in [6.07, 6.45) is 1.89. The number of halogens is 1. The Morgan fingerprint density at radius 2 is 1.96 bits per heavy atom. The Bertz CT molecular complexity index is 858. The number of aromatic amines is 1. The number of piperidine rings is 1. The molecular weight excluding hydrogens is 321 g/mol. The first-order valence-corrected chi connectivity index (χ1v) is 8.36. The van der Waals surface area contributed by atoms with E-state index < -0.39 is 11.7 Å². The van der Waals surface area contributed by atoms with Gasteiger partial charge in [0.15, 0.2) is 0 Å². The van der Waals surface area contributed by atoms with Gasteiger partial charge in [-0.15, -0.1) is 0 Å². The van der Waals surface area contributed by atoms with Crippen molar-refractivity contribution >= 4 is 22.5 Å². The van der Waals surface area contributed by atoms with Crippen LogP contribution in [0.1, 0.15) is 42.9 Å². The second kappa shape index (κ2) is 6.15. The molecule has 0 unspecified atom stereocenters. The Balaban J connectivity index is 2.14. The van der Waals surface area contributed by atoms with E-state index in [1.165, 1.54) is 6.07 Å². The highest BCUT2D eigenvalue weighted by Gasteiger charge is 2.36. The first kappa shape index (κ1) is 17.4. The number of rotatable bonds is 3. The number of carbonyl (C=O) groups is 1. The van der Waals surface area contributed by atoms with Crippen molar-refractivity contribution in [2.45, 2.75) is 26.7 Å². The van der Waals surface area contributed by atoms with E-state index in [0.29, 0.717) is 22.6 Å². The van der Waals surface area contributed by atoms with Crippen LogP contribution >= 0.6 is 0 Å². The SMILES string of the molecule is CC(N)=C(c1nc2c(C(N)=O)cc(F)cc2[nH]1)C1(C)CCN(C)CC1. The van der Waals surface area contributed by atoms with Crippen LogP contribution < -0.4 is 11.5 Å². The molecule has 1 fully saturated rings. The third kappa shape index (κ3) is 3.11. The minimum absolute atomic E-state index is 0.0695. The largest absolute Gasteiger partial charge is 0.402 e. The third-order valence-electron chi connectivity index (χ3n) is 5.14. The molecule has 7 heteroatoms. The second-order valence-corrected chi connectivity index (χ2v) is 7.22. The van der Waals surface area contributed by atoms with Gasteiger partial charge in [0.05, 0.1) is 11.1 Å². The number of primary amides is 1. The zero-order valence-electron chi connectivity index (χ0n) is 14.8. The molecule has 1 saturated heterocycles. The normalized spacial score (nSPS) is 19.0. The van der Waals surface area contributed by atoms with Crippen LogP contribution in [0.4, 0.5) is 4.39 Å². The van der Waals surface area contributed by atoms with Crippen LogP contribution in [-0.2, 0) is 0 Å². The van der Waals surface area contributed by atoms with Crippen LogP contribution in [0.15, 0.2) is 17.8 Å². The molecule has 25 heavy (non-hydrogen) atoms. The Morgan fingerprint density at radius 1 is 1.32 bits per heavy atom. The average Bonchev–Trinajstić information content (AvgIpc) is 2.91. The van der Waals surface area contributed by atoms with E-state index in [9.17, 15) is 9.18 Å². The van der Waals surface area contributed by atoms with Crippen molar-refractivity contribution in [3.63, 3.8) is 0 Å². The lowest BCUT2D eigenvalue weighted by Crippen LogP contribution is -2.37. The molecule has 1 aromatic heterocycles. The first-order valence-electron chi connectivity index (χ1n) is 8.36. The minimum atomic E-state index is -0.706. The molecule has 2 heterocycles. The van der Waals surface area contributed by atoms with E-state index in [-0.39, 0.29) is 11.0 Å². The van der Waals surface area contributed by atoms with Gasteiger partial charge in [0.1, 0.15) is 17.2 Å². The Morgan fingerprint density at radius 3 is 2.52 bits per heavy atom. The third-order valence-corrected chi connectivity index (χ3v) is 5.14. The smallest absolute Gasteiger partial charge is 0.251 e. The zero-order valence-corrected chi connectivity index (χ0v) is 14.8. The fraction of sp³-hybridized carbons (Fsp3) is 0.444. The number of likely N-dealkylation sites (tertiary alicyclic amines) is 1. The summed E-state index contributed by atoms with van der Waals surface area (Å²) in [6.45, 7) is 5.96. The summed E-state index contributed by atoms with van der Waals surface area (Å²) in [5.74, 6) is -0.657. The number of imidazole rings is 1. The number of nitrogens with two attached hydrogens (primary N) is 2. The highest BCUT2D eigenvalue weighted by molar-refractivity contribution is 6.04. The Labute approximate surface area is 146 Å². The standard InChI is InChI=1S/C18H24FN5O/c1-10(20)14(18(2)4-6-24(3)7-5-18)17-22-13-9-11(19)8-12(16(21)25)15(13)23-17/h8-9H,4-7,20H2,1-3H3,(H2,21,25)(H,22,23). The van der Waals surface area contributed by atoms with Gasteiger partial charge < -0.3 is 21.4 Å². The van der Waals surface area contributed by atoms with Gasteiger partial charge >= 0.3 is 0 Å². The van der Waals surface area contributed by atoms with Gasteiger partial charge in [-0.1, -0.05) is 6.92 Å². The zero-order chi connectivity index (χ0) is 18.4. The molecule has 0 radical (unpaired) electrons. The quantitative estimate of drug-likeness (QED) is 0.794. The average molecular weight is 345 g/mol. The molecule has 3 rings (SSSR count). The van der Waals surface area contributed by atoms with Gasteiger partial charge in [-0.3, -0.25) is 4.79 Å². The topological polar surface area (TPSA) is 101 Å².